The molecule has 1 saturated heterocycles. The van der Waals surface area contributed by atoms with Crippen LogP contribution < -0.4 is 42.4 Å². The number of carbonyl (C=O) groups excluding carboxylic acids is 10. The lowest BCUT2D eigenvalue weighted by Gasteiger charge is -2.41. The zero-order valence-corrected chi connectivity index (χ0v) is 58.8. The molecule has 0 aromatic heterocycles. The number of nitrogens with zero attached hydrogens (tertiary/aromatic N) is 3. The number of halogens is 5. The fourth-order valence-corrected chi connectivity index (χ4v) is 11.9. The number of urea groups is 1. The van der Waals surface area contributed by atoms with Crippen molar-refractivity contribution in [1.82, 2.24) is 41.3 Å². The van der Waals surface area contributed by atoms with Crippen molar-refractivity contribution in [2.24, 2.45) is 35.3 Å². The molecule has 0 aliphatic carbocycles. The van der Waals surface area contributed by atoms with Crippen molar-refractivity contribution in [1.29, 1.82) is 0 Å². The second-order valence-electron chi connectivity index (χ2n) is 26.0. The molecular formula is C69H99F5N10O15. The molecule has 0 saturated carbocycles. The third-order valence-electron chi connectivity index (χ3n) is 17.7. The van der Waals surface area contributed by atoms with E-state index in [0.29, 0.717) is 36.9 Å². The van der Waals surface area contributed by atoms with Crippen molar-refractivity contribution < 1.29 is 94.0 Å². The number of aliphatic hydroxyl groups is 1. The number of hydrogen-bond donors (Lipinski definition) is 8. The van der Waals surface area contributed by atoms with Crippen LogP contribution in [0.3, 0.4) is 0 Å². The van der Waals surface area contributed by atoms with Gasteiger partial charge in [0.25, 0.3) is 0 Å². The molecule has 30 heteroatoms. The summed E-state index contributed by atoms with van der Waals surface area (Å²) in [7, 11) is 5.97. The largest absolute Gasteiger partial charge is 0.445 e. The second kappa shape index (κ2) is 39.3. The average Bonchev–Trinajstić information content (AvgIpc) is 1.54. The zero-order valence-electron chi connectivity index (χ0n) is 58.8. The van der Waals surface area contributed by atoms with Crippen LogP contribution in [0, 0.1) is 58.7 Å². The smallest absolute Gasteiger partial charge is 0.410 e. The van der Waals surface area contributed by atoms with Crippen molar-refractivity contribution in [2.75, 3.05) is 46.7 Å². The number of aliphatic hydroxyl groups excluding tert-OH is 1. The number of esters is 1. The Balaban J connectivity index is 1.38. The van der Waals surface area contributed by atoms with Crippen molar-refractivity contribution in [2.45, 2.75) is 194 Å². The number of likely N-dealkylation sites (N-methyl/N-ethyl adjacent to an activating group) is 2. The molecule has 99 heavy (non-hydrogen) atoms. The molecule has 0 spiro atoms. The predicted molar refractivity (Wildman–Crippen MR) is 355 cm³/mol. The van der Waals surface area contributed by atoms with Crippen molar-refractivity contribution in [3.63, 3.8) is 0 Å². The van der Waals surface area contributed by atoms with Gasteiger partial charge in [0, 0.05) is 59.9 Å². The molecule has 1 aliphatic rings. The van der Waals surface area contributed by atoms with Crippen LogP contribution in [0.15, 0.2) is 54.6 Å². The Morgan fingerprint density at radius 2 is 1.29 bits per heavy atom. The van der Waals surface area contributed by atoms with Crippen LogP contribution in [0.2, 0.25) is 0 Å². The number of nitrogens with two attached hydrogens (primary N) is 1. The number of nitrogens with one attached hydrogen (secondary N) is 6. The van der Waals surface area contributed by atoms with Gasteiger partial charge in [0.05, 0.1) is 48.8 Å². The summed E-state index contributed by atoms with van der Waals surface area (Å²) >= 11 is 0. The third-order valence-corrected chi connectivity index (χ3v) is 17.7. The number of likely N-dealkylation sites (tertiary alicyclic amines) is 1. The van der Waals surface area contributed by atoms with Gasteiger partial charge in [-0.1, -0.05) is 111 Å². The first-order chi connectivity index (χ1) is 46.6. The molecule has 1 heterocycles. The Bertz CT molecular complexity index is 3220. The summed E-state index contributed by atoms with van der Waals surface area (Å²) in [6, 6.07) is 7.71. The second-order valence-corrected chi connectivity index (χ2v) is 26.0. The Morgan fingerprint density at radius 1 is 0.687 bits per heavy atom. The van der Waals surface area contributed by atoms with Crippen LogP contribution in [0.25, 0.3) is 0 Å². The van der Waals surface area contributed by atoms with Gasteiger partial charge in [-0.2, -0.15) is 8.78 Å². The van der Waals surface area contributed by atoms with E-state index in [1.165, 1.54) is 38.3 Å². The standard InChI is InChI=1S/C69H99F5N10O15/c1-15-39(8)59(47(96-13)34-49(86)84-33-21-25-46(84)61(97-14)40(9)63(89)77-41(10)60(88)43-22-17-16-18-23-43)82(11)67(93)57(37(4)5)81-66(92)58(38(6)7)83(12)69(95)98-35-42-28-30-44(31-29-42)78-64(90)45(24-20-32-76-68(75)94)79-65(91)56(36(2)3)80-48(85)26-19-27-50(87)99-62-54(73)52(71)51(70)53(72)55(62)74/h16-18,22-23,28-31,36-41,45-47,56-61,88H,15,19-21,24-27,32-35H2,1-14H3,(H,77,89)(H,78,90)(H,79,91)(H,80,85)(H,81,92)(H3,75,76,94)/t39?,40?,41?,45?,46-,47?,56?,57?,58?,59?,60?,61?/m0/s1. The molecule has 550 valence electrons. The van der Waals surface area contributed by atoms with E-state index in [9.17, 15) is 75.0 Å². The number of methoxy groups -OCH3 is 2. The fourth-order valence-electron chi connectivity index (χ4n) is 11.9. The van der Waals surface area contributed by atoms with Gasteiger partial charge in [-0.3, -0.25) is 43.3 Å². The van der Waals surface area contributed by atoms with E-state index in [4.69, 9.17) is 19.9 Å². The quantitative estimate of drug-likeness (QED) is 0.00715. The Kier molecular flexibility index (Phi) is 32.9. The summed E-state index contributed by atoms with van der Waals surface area (Å²) in [5.74, 6) is -21.5. The molecule has 0 bridgehead atoms. The minimum atomic E-state index is -2.45. The van der Waals surface area contributed by atoms with Crippen LogP contribution in [0.1, 0.15) is 144 Å². The van der Waals surface area contributed by atoms with Crippen LogP contribution in [0.5, 0.6) is 5.75 Å². The maximum absolute atomic E-state index is 14.8. The first-order valence-corrected chi connectivity index (χ1v) is 33.2. The monoisotopic (exact) mass is 1400 g/mol. The van der Waals surface area contributed by atoms with E-state index in [-0.39, 0.29) is 62.3 Å². The summed E-state index contributed by atoms with van der Waals surface area (Å²) in [5.41, 5.74) is 6.55. The van der Waals surface area contributed by atoms with Crippen LogP contribution in [-0.4, -0.2) is 175 Å². The Labute approximate surface area is 575 Å². The Morgan fingerprint density at radius 3 is 1.85 bits per heavy atom. The van der Waals surface area contributed by atoms with E-state index in [1.807, 2.05) is 19.9 Å². The minimum absolute atomic E-state index is 0.0164. The summed E-state index contributed by atoms with van der Waals surface area (Å²) in [5, 5.41) is 27.0. The average molecular weight is 1400 g/mol. The number of rotatable bonds is 37. The van der Waals surface area contributed by atoms with Gasteiger partial charge < -0.3 is 71.5 Å². The van der Waals surface area contributed by atoms with Crippen LogP contribution in [0.4, 0.5) is 37.2 Å². The van der Waals surface area contributed by atoms with E-state index in [2.05, 4.69) is 36.6 Å². The molecule has 3 aromatic carbocycles. The maximum Gasteiger partial charge on any atom is 0.410 e. The Hall–Kier alpha value is -8.51. The SMILES string of the molecule is CCC(C)C(C(CC(=O)N1CCC[C@H]1C(OC)C(C)C(=O)NC(C)C(O)c1ccccc1)OC)N(C)C(=O)C(NC(=O)C(C(C)C)N(C)C(=O)OCc1ccc(NC(=O)C(CCCNC(N)=O)NC(=O)C(NC(=O)CCCC(=O)Oc2c(F)c(F)c(F)c(F)c2F)C(C)C)cc1)C(C)C. The van der Waals surface area contributed by atoms with Gasteiger partial charge in [-0.25, -0.2) is 22.8 Å². The van der Waals surface area contributed by atoms with Gasteiger partial charge >= 0.3 is 18.1 Å². The molecule has 4 rings (SSSR count). The van der Waals surface area contributed by atoms with E-state index < -0.39 is 180 Å². The number of primary amides is 1. The highest BCUT2D eigenvalue weighted by Gasteiger charge is 2.44. The summed E-state index contributed by atoms with van der Waals surface area (Å²) < 4.78 is 90.7. The summed E-state index contributed by atoms with van der Waals surface area (Å²) in [4.78, 5) is 140. The van der Waals surface area contributed by atoms with Crippen molar-refractivity contribution in [3.8, 4) is 5.75 Å². The molecular weight excluding hydrogens is 1300 g/mol. The summed E-state index contributed by atoms with van der Waals surface area (Å²) in [6.45, 7) is 17.6. The molecule has 9 N–H and O–H groups in total. The molecule has 10 amide bonds. The predicted octanol–water partition coefficient (Wildman–Crippen LogP) is 7.06. The van der Waals surface area contributed by atoms with Crippen molar-refractivity contribution >= 4 is 65.1 Å². The normalized spacial score (nSPS) is 16.4. The highest BCUT2D eigenvalue weighted by atomic mass is 19.2. The van der Waals surface area contributed by atoms with Gasteiger partial charge in [0.1, 0.15) is 30.8 Å². The third kappa shape index (κ3) is 23.3. The lowest BCUT2D eigenvalue weighted by Crippen LogP contribution is -2.60. The number of anilines is 1. The van der Waals surface area contributed by atoms with Gasteiger partial charge in [0.15, 0.2) is 0 Å². The number of amides is 10. The van der Waals surface area contributed by atoms with E-state index in [0.717, 1.165) is 4.90 Å². The summed E-state index contributed by atoms with van der Waals surface area (Å²) in [6.07, 6.45) is -3.05. The topological polar surface area (TPSA) is 336 Å². The van der Waals surface area contributed by atoms with Gasteiger partial charge in [-0.15, -0.1) is 0 Å². The van der Waals surface area contributed by atoms with Crippen LogP contribution in [-0.2, 0) is 59.2 Å². The highest BCUT2D eigenvalue weighted by molar-refractivity contribution is 5.98. The number of hydrogen-bond acceptors (Lipinski definition) is 15. The molecule has 12 atom stereocenters. The van der Waals surface area contributed by atoms with Crippen LogP contribution >= 0.6 is 0 Å². The first-order valence-electron chi connectivity index (χ1n) is 33.2. The number of ether oxygens (including phenoxy) is 4. The molecule has 25 nitrogen and oxygen atoms in total. The first kappa shape index (κ1) is 82.9. The highest BCUT2D eigenvalue weighted by Crippen LogP contribution is 2.32. The molecule has 1 aliphatic heterocycles. The molecule has 0 radical (unpaired) electrons. The molecule has 1 fully saturated rings. The number of carbonyl (C=O) groups is 10. The lowest BCUT2D eigenvalue weighted by atomic mass is 9.89. The minimum Gasteiger partial charge on any atom is -0.445 e. The molecule has 11 unspecified atom stereocenters. The van der Waals surface area contributed by atoms with E-state index >= 15 is 0 Å². The van der Waals surface area contributed by atoms with Gasteiger partial charge in [0.2, 0.25) is 76.2 Å². The van der Waals surface area contributed by atoms with E-state index in [1.54, 1.807) is 104 Å². The maximum atomic E-state index is 14.8. The zero-order chi connectivity index (χ0) is 74.3. The number of benzene rings is 3. The molecule has 3 aromatic rings. The van der Waals surface area contributed by atoms with Gasteiger partial charge in [-0.05, 0) is 86.0 Å². The van der Waals surface area contributed by atoms with Crippen molar-refractivity contribution in [3.05, 3.63) is 94.8 Å². The fraction of sp³-hybridized carbons (Fsp3) is 0.594. The lowest BCUT2D eigenvalue weighted by molar-refractivity contribution is -0.148.